The van der Waals surface area contributed by atoms with E-state index in [-0.39, 0.29) is 6.61 Å². The maximum Gasteiger partial charge on any atom is 0.408 e. The summed E-state index contributed by atoms with van der Waals surface area (Å²) in [5, 5.41) is 2.44. The number of ether oxygens (including phenoxy) is 3. The molecule has 0 aromatic carbocycles. The van der Waals surface area contributed by atoms with Crippen LogP contribution >= 0.6 is 22.6 Å². The molecule has 0 aliphatic heterocycles. The standard InChI is InChI=1S/C12H22INO5/c1-12(2,3)19-11(16)14-9(10(15)17-4)8-18-7-5-6-13/h9H,5-8H2,1-4H3,(H,14,16). The van der Waals surface area contributed by atoms with Gasteiger partial charge in [-0.3, -0.25) is 0 Å². The number of hydrogen-bond acceptors (Lipinski definition) is 5. The van der Waals surface area contributed by atoms with E-state index in [2.05, 4.69) is 32.6 Å². The summed E-state index contributed by atoms with van der Waals surface area (Å²) >= 11 is 2.24. The highest BCUT2D eigenvalue weighted by Gasteiger charge is 2.25. The van der Waals surface area contributed by atoms with Gasteiger partial charge in [0.15, 0.2) is 6.04 Å². The number of amides is 1. The maximum absolute atomic E-state index is 11.6. The van der Waals surface area contributed by atoms with Gasteiger partial charge in [0, 0.05) is 11.0 Å². The van der Waals surface area contributed by atoms with Crippen molar-refractivity contribution in [2.24, 2.45) is 0 Å². The maximum atomic E-state index is 11.6. The number of methoxy groups -OCH3 is 1. The van der Waals surface area contributed by atoms with Gasteiger partial charge < -0.3 is 19.5 Å². The van der Waals surface area contributed by atoms with Crippen LogP contribution in [0.5, 0.6) is 0 Å². The van der Waals surface area contributed by atoms with Crippen molar-refractivity contribution >= 4 is 34.7 Å². The topological polar surface area (TPSA) is 73.9 Å². The van der Waals surface area contributed by atoms with Crippen molar-refractivity contribution in [2.75, 3.05) is 24.8 Å². The molecule has 0 saturated heterocycles. The molecule has 0 spiro atoms. The van der Waals surface area contributed by atoms with E-state index in [1.807, 2.05) is 0 Å². The Bertz CT molecular complexity index is 290. The third kappa shape index (κ3) is 9.94. The molecular formula is C12H22INO5. The zero-order chi connectivity index (χ0) is 14.9. The van der Waals surface area contributed by atoms with Crippen LogP contribution in [0.4, 0.5) is 4.79 Å². The first-order valence-electron chi connectivity index (χ1n) is 6.01. The Labute approximate surface area is 127 Å². The Morgan fingerprint density at radius 1 is 1.32 bits per heavy atom. The zero-order valence-corrected chi connectivity index (χ0v) is 14.0. The molecule has 0 rings (SSSR count). The predicted molar refractivity (Wildman–Crippen MR) is 79.5 cm³/mol. The molecule has 6 nitrogen and oxygen atoms in total. The Morgan fingerprint density at radius 2 is 1.95 bits per heavy atom. The van der Waals surface area contributed by atoms with Crippen LogP contribution in [0.3, 0.4) is 0 Å². The fourth-order valence-electron chi connectivity index (χ4n) is 1.12. The molecule has 0 aliphatic rings. The Kier molecular flexibility index (Phi) is 9.07. The summed E-state index contributed by atoms with van der Waals surface area (Å²) in [4.78, 5) is 23.1. The molecule has 1 N–H and O–H groups in total. The lowest BCUT2D eigenvalue weighted by atomic mass is 10.2. The van der Waals surface area contributed by atoms with E-state index in [9.17, 15) is 9.59 Å². The van der Waals surface area contributed by atoms with Crippen molar-refractivity contribution in [1.82, 2.24) is 5.32 Å². The van der Waals surface area contributed by atoms with Crippen LogP contribution in [0, 0.1) is 0 Å². The molecule has 0 aromatic rings. The van der Waals surface area contributed by atoms with E-state index in [0.29, 0.717) is 6.61 Å². The van der Waals surface area contributed by atoms with E-state index >= 15 is 0 Å². The van der Waals surface area contributed by atoms with Crippen LogP contribution in [0.2, 0.25) is 0 Å². The Balaban J connectivity index is 4.27. The number of carbonyl (C=O) groups excluding carboxylic acids is 2. The number of nitrogens with one attached hydrogen (secondary N) is 1. The van der Waals surface area contributed by atoms with Gasteiger partial charge in [0.2, 0.25) is 0 Å². The van der Waals surface area contributed by atoms with Gasteiger partial charge in [0.05, 0.1) is 13.7 Å². The number of carbonyl (C=O) groups is 2. The summed E-state index contributed by atoms with van der Waals surface area (Å²) in [5.74, 6) is -0.555. The molecule has 1 unspecified atom stereocenters. The molecular weight excluding hydrogens is 365 g/mol. The minimum absolute atomic E-state index is 0.0720. The Morgan fingerprint density at radius 3 is 2.42 bits per heavy atom. The number of halogens is 1. The van der Waals surface area contributed by atoms with E-state index < -0.39 is 23.7 Å². The first-order chi connectivity index (χ1) is 8.80. The summed E-state index contributed by atoms with van der Waals surface area (Å²) in [6.07, 6.45) is 0.223. The lowest BCUT2D eigenvalue weighted by Crippen LogP contribution is -2.46. The summed E-state index contributed by atoms with van der Waals surface area (Å²) in [6.45, 7) is 5.85. The number of alkyl halides is 1. The quantitative estimate of drug-likeness (QED) is 0.313. The molecule has 0 aromatic heterocycles. The van der Waals surface area contributed by atoms with Crippen LogP contribution in [-0.4, -0.2) is 48.5 Å². The van der Waals surface area contributed by atoms with Crippen LogP contribution in [0.25, 0.3) is 0 Å². The van der Waals surface area contributed by atoms with E-state index in [4.69, 9.17) is 9.47 Å². The van der Waals surface area contributed by atoms with Crippen LogP contribution in [0.1, 0.15) is 27.2 Å². The first-order valence-corrected chi connectivity index (χ1v) is 7.53. The summed E-state index contributed by atoms with van der Waals surface area (Å²) in [5.41, 5.74) is -0.618. The highest BCUT2D eigenvalue weighted by atomic mass is 127. The molecule has 0 fully saturated rings. The van der Waals surface area contributed by atoms with Gasteiger partial charge in [0.1, 0.15) is 5.60 Å². The lowest BCUT2D eigenvalue weighted by molar-refractivity contribution is -0.144. The lowest BCUT2D eigenvalue weighted by Gasteiger charge is -2.22. The number of hydrogen-bond donors (Lipinski definition) is 1. The third-order valence-corrected chi connectivity index (χ3v) is 2.65. The summed E-state index contributed by atoms with van der Waals surface area (Å²) in [7, 11) is 1.26. The van der Waals surface area contributed by atoms with E-state index in [1.165, 1.54) is 7.11 Å². The monoisotopic (exact) mass is 387 g/mol. The van der Waals surface area contributed by atoms with Crippen molar-refractivity contribution in [1.29, 1.82) is 0 Å². The van der Waals surface area contributed by atoms with Gasteiger partial charge in [0.25, 0.3) is 0 Å². The predicted octanol–water partition coefficient (Wildman–Crippen LogP) is 1.89. The van der Waals surface area contributed by atoms with Gasteiger partial charge in [-0.25, -0.2) is 9.59 Å². The average Bonchev–Trinajstić information content (AvgIpc) is 2.29. The summed E-state index contributed by atoms with van der Waals surface area (Å²) in [6, 6.07) is -0.853. The number of alkyl carbamates (subject to hydrolysis) is 1. The van der Waals surface area contributed by atoms with E-state index in [0.717, 1.165) is 10.8 Å². The largest absolute Gasteiger partial charge is 0.467 e. The van der Waals surface area contributed by atoms with Crippen molar-refractivity contribution in [3.8, 4) is 0 Å². The molecule has 0 radical (unpaired) electrons. The fourth-order valence-corrected chi connectivity index (χ4v) is 1.43. The number of esters is 1. The molecule has 0 bridgehead atoms. The van der Waals surface area contributed by atoms with Gasteiger partial charge in [-0.2, -0.15) is 0 Å². The molecule has 19 heavy (non-hydrogen) atoms. The molecule has 0 saturated carbocycles. The fraction of sp³-hybridized carbons (Fsp3) is 0.833. The zero-order valence-electron chi connectivity index (χ0n) is 11.8. The SMILES string of the molecule is COC(=O)C(COCCCI)NC(=O)OC(C)(C)C. The Hall–Kier alpha value is -0.570. The second-order valence-electron chi connectivity index (χ2n) is 4.84. The van der Waals surface area contributed by atoms with Gasteiger partial charge in [-0.15, -0.1) is 0 Å². The van der Waals surface area contributed by atoms with Crippen molar-refractivity contribution in [3.63, 3.8) is 0 Å². The second kappa shape index (κ2) is 9.35. The minimum Gasteiger partial charge on any atom is -0.467 e. The smallest absolute Gasteiger partial charge is 0.408 e. The van der Waals surface area contributed by atoms with Gasteiger partial charge in [-0.1, -0.05) is 22.6 Å². The van der Waals surface area contributed by atoms with Crippen molar-refractivity contribution < 1.29 is 23.8 Å². The molecule has 1 atom stereocenters. The molecule has 1 amide bonds. The van der Waals surface area contributed by atoms with Crippen LogP contribution in [0.15, 0.2) is 0 Å². The third-order valence-electron chi connectivity index (χ3n) is 1.88. The number of rotatable bonds is 7. The van der Waals surface area contributed by atoms with Crippen molar-refractivity contribution in [2.45, 2.75) is 38.8 Å². The highest BCUT2D eigenvalue weighted by Crippen LogP contribution is 2.07. The van der Waals surface area contributed by atoms with E-state index in [1.54, 1.807) is 20.8 Å². The molecule has 7 heteroatoms. The molecule has 0 heterocycles. The van der Waals surface area contributed by atoms with Crippen molar-refractivity contribution in [3.05, 3.63) is 0 Å². The summed E-state index contributed by atoms with van der Waals surface area (Å²) < 4.78 is 16.0. The average molecular weight is 387 g/mol. The molecule has 112 valence electrons. The second-order valence-corrected chi connectivity index (χ2v) is 5.92. The minimum atomic E-state index is -0.853. The normalized spacial score (nSPS) is 12.7. The van der Waals surface area contributed by atoms with Gasteiger partial charge >= 0.3 is 12.1 Å². The highest BCUT2D eigenvalue weighted by molar-refractivity contribution is 14.1. The van der Waals surface area contributed by atoms with Crippen LogP contribution in [-0.2, 0) is 19.0 Å². The molecule has 0 aliphatic carbocycles. The first kappa shape index (κ1) is 18.4. The van der Waals surface area contributed by atoms with Crippen LogP contribution < -0.4 is 5.32 Å². The van der Waals surface area contributed by atoms with Gasteiger partial charge in [-0.05, 0) is 27.2 Å².